The monoisotopic (exact) mass is 325 g/mol. The van der Waals surface area contributed by atoms with E-state index in [1.165, 1.54) is 12.4 Å². The number of carbonyl (C=O) groups excluding carboxylic acids is 2. The zero-order chi connectivity index (χ0) is 16.3. The maximum Gasteiger partial charge on any atom is 0.309 e. The van der Waals surface area contributed by atoms with Crippen molar-refractivity contribution in [3.05, 3.63) is 18.1 Å². The fraction of sp³-hybridized carbons (Fsp3) is 0.600. The number of ether oxygens (including phenoxy) is 1. The van der Waals surface area contributed by atoms with Crippen LogP contribution in [0.2, 0.25) is 0 Å². The highest BCUT2D eigenvalue weighted by molar-refractivity contribution is 6.67. The summed E-state index contributed by atoms with van der Waals surface area (Å²) in [6.45, 7) is 7.01. The van der Waals surface area contributed by atoms with Crippen LogP contribution in [-0.4, -0.2) is 39.9 Å². The third kappa shape index (κ3) is 4.40. The SMILES string of the molecule is CC(C)(C)OC(=O)C1CCN(c2cnc(C(=O)Cl)cn2)CC1. The molecule has 0 amide bonds. The summed E-state index contributed by atoms with van der Waals surface area (Å²) in [7, 11) is 0. The fourth-order valence-corrected chi connectivity index (χ4v) is 2.41. The summed E-state index contributed by atoms with van der Waals surface area (Å²) >= 11 is 5.34. The molecule has 0 spiro atoms. The lowest BCUT2D eigenvalue weighted by molar-refractivity contribution is -0.160. The number of halogens is 1. The van der Waals surface area contributed by atoms with E-state index in [2.05, 4.69) is 9.97 Å². The van der Waals surface area contributed by atoms with Crippen LogP contribution in [0.3, 0.4) is 0 Å². The maximum atomic E-state index is 12.1. The lowest BCUT2D eigenvalue weighted by Gasteiger charge is -2.32. The molecule has 120 valence electrons. The molecule has 22 heavy (non-hydrogen) atoms. The van der Waals surface area contributed by atoms with Crippen LogP contribution in [-0.2, 0) is 9.53 Å². The van der Waals surface area contributed by atoms with E-state index in [1.807, 2.05) is 25.7 Å². The molecule has 0 atom stereocenters. The van der Waals surface area contributed by atoms with Crippen molar-refractivity contribution in [2.75, 3.05) is 18.0 Å². The molecular weight excluding hydrogens is 306 g/mol. The highest BCUT2D eigenvalue weighted by Crippen LogP contribution is 2.24. The molecule has 0 unspecified atom stereocenters. The van der Waals surface area contributed by atoms with Crippen LogP contribution in [0.5, 0.6) is 0 Å². The van der Waals surface area contributed by atoms with Crippen LogP contribution in [0.15, 0.2) is 12.4 Å². The van der Waals surface area contributed by atoms with Crippen LogP contribution in [0.4, 0.5) is 5.82 Å². The largest absolute Gasteiger partial charge is 0.460 e. The summed E-state index contributed by atoms with van der Waals surface area (Å²) in [5.41, 5.74) is -0.321. The number of aromatic nitrogens is 2. The molecule has 0 saturated carbocycles. The van der Waals surface area contributed by atoms with Crippen LogP contribution >= 0.6 is 11.6 Å². The molecule has 1 aromatic heterocycles. The highest BCUT2D eigenvalue weighted by Gasteiger charge is 2.29. The van der Waals surface area contributed by atoms with Crippen molar-refractivity contribution in [1.29, 1.82) is 0 Å². The Balaban J connectivity index is 1.91. The first kappa shape index (κ1) is 16.7. The van der Waals surface area contributed by atoms with Crippen molar-refractivity contribution in [1.82, 2.24) is 9.97 Å². The smallest absolute Gasteiger partial charge is 0.309 e. The summed E-state index contributed by atoms with van der Waals surface area (Å²) in [5.74, 6) is 0.470. The van der Waals surface area contributed by atoms with Gasteiger partial charge in [0.15, 0.2) is 0 Å². The first-order valence-corrected chi connectivity index (χ1v) is 7.64. The van der Waals surface area contributed by atoms with Gasteiger partial charge < -0.3 is 9.64 Å². The molecule has 6 nitrogen and oxygen atoms in total. The van der Waals surface area contributed by atoms with Crippen molar-refractivity contribution >= 4 is 28.6 Å². The molecule has 2 rings (SSSR count). The normalized spacial score (nSPS) is 16.5. The van der Waals surface area contributed by atoms with E-state index in [-0.39, 0.29) is 17.6 Å². The molecule has 1 aliphatic rings. The zero-order valence-corrected chi connectivity index (χ0v) is 13.8. The van der Waals surface area contributed by atoms with Crippen LogP contribution in [0.25, 0.3) is 0 Å². The number of anilines is 1. The molecule has 0 bridgehead atoms. The molecule has 0 radical (unpaired) electrons. The predicted molar refractivity (Wildman–Crippen MR) is 83.0 cm³/mol. The first-order valence-electron chi connectivity index (χ1n) is 7.26. The summed E-state index contributed by atoms with van der Waals surface area (Å²) in [5, 5.41) is -0.623. The molecule has 0 N–H and O–H groups in total. The van der Waals surface area contributed by atoms with Gasteiger partial charge in [0.1, 0.15) is 17.1 Å². The van der Waals surface area contributed by atoms with E-state index < -0.39 is 10.8 Å². The number of esters is 1. The van der Waals surface area contributed by atoms with E-state index in [1.54, 1.807) is 0 Å². The average Bonchev–Trinajstić information content (AvgIpc) is 2.46. The summed E-state index contributed by atoms with van der Waals surface area (Å²) in [6.07, 6.45) is 4.33. The standard InChI is InChI=1S/C15H20ClN3O3/c1-15(2,3)22-14(21)10-4-6-19(7-5-10)12-9-17-11(8-18-12)13(16)20/h8-10H,4-7H2,1-3H3. The average molecular weight is 326 g/mol. The Hall–Kier alpha value is -1.69. The van der Waals surface area contributed by atoms with Crippen LogP contribution < -0.4 is 4.90 Å². The van der Waals surface area contributed by atoms with E-state index >= 15 is 0 Å². The minimum Gasteiger partial charge on any atom is -0.460 e. The lowest BCUT2D eigenvalue weighted by atomic mass is 9.96. The summed E-state index contributed by atoms with van der Waals surface area (Å²) < 4.78 is 5.42. The van der Waals surface area contributed by atoms with Crippen molar-refractivity contribution in [2.24, 2.45) is 5.92 Å². The minimum atomic E-state index is -0.623. The summed E-state index contributed by atoms with van der Waals surface area (Å²) in [4.78, 5) is 33.2. The van der Waals surface area contributed by atoms with Crippen molar-refractivity contribution in [3.63, 3.8) is 0 Å². The van der Waals surface area contributed by atoms with E-state index in [0.29, 0.717) is 31.7 Å². The van der Waals surface area contributed by atoms with E-state index in [4.69, 9.17) is 16.3 Å². The second-order valence-electron chi connectivity index (χ2n) is 6.33. The van der Waals surface area contributed by atoms with Gasteiger partial charge in [-0.25, -0.2) is 9.97 Å². The Labute approximate surface area is 134 Å². The van der Waals surface area contributed by atoms with E-state index in [9.17, 15) is 9.59 Å². The number of carbonyl (C=O) groups is 2. The Bertz CT molecular complexity index is 546. The second kappa shape index (κ2) is 6.60. The highest BCUT2D eigenvalue weighted by atomic mass is 35.5. The molecule has 0 aliphatic carbocycles. The molecule has 7 heteroatoms. The van der Waals surface area contributed by atoms with Gasteiger partial charge in [-0.15, -0.1) is 0 Å². The molecule has 1 aromatic rings. The Morgan fingerprint density at radius 1 is 1.23 bits per heavy atom. The van der Waals surface area contributed by atoms with Crippen molar-refractivity contribution in [2.45, 2.75) is 39.2 Å². The van der Waals surface area contributed by atoms with Gasteiger partial charge in [0.2, 0.25) is 0 Å². The quantitative estimate of drug-likeness (QED) is 0.627. The minimum absolute atomic E-state index is 0.0767. The van der Waals surface area contributed by atoms with Gasteiger partial charge in [-0.3, -0.25) is 9.59 Å². The van der Waals surface area contributed by atoms with Gasteiger partial charge in [0, 0.05) is 13.1 Å². The van der Waals surface area contributed by atoms with E-state index in [0.717, 1.165) is 0 Å². The van der Waals surface area contributed by atoms with Crippen LogP contribution in [0, 0.1) is 5.92 Å². The number of piperidine rings is 1. The Kier molecular flexibility index (Phi) is 5.01. The van der Waals surface area contributed by atoms with Gasteiger partial charge in [-0.05, 0) is 45.2 Å². The number of hydrogen-bond donors (Lipinski definition) is 0. The lowest BCUT2D eigenvalue weighted by Crippen LogP contribution is -2.39. The molecule has 1 aliphatic heterocycles. The van der Waals surface area contributed by atoms with Crippen molar-refractivity contribution < 1.29 is 14.3 Å². The molecular formula is C15H20ClN3O3. The first-order chi connectivity index (χ1) is 10.3. The zero-order valence-electron chi connectivity index (χ0n) is 13.0. The number of nitrogens with zero attached hydrogens (tertiary/aromatic N) is 3. The Morgan fingerprint density at radius 3 is 2.32 bits per heavy atom. The van der Waals surface area contributed by atoms with Gasteiger partial charge in [0.05, 0.1) is 18.3 Å². The van der Waals surface area contributed by atoms with Gasteiger partial charge in [-0.2, -0.15) is 0 Å². The number of rotatable bonds is 3. The van der Waals surface area contributed by atoms with Gasteiger partial charge in [0.25, 0.3) is 5.24 Å². The second-order valence-corrected chi connectivity index (χ2v) is 6.67. The topological polar surface area (TPSA) is 72.4 Å². The molecule has 1 fully saturated rings. The number of hydrogen-bond acceptors (Lipinski definition) is 6. The molecule has 1 saturated heterocycles. The maximum absolute atomic E-state index is 12.1. The molecule has 2 heterocycles. The van der Waals surface area contributed by atoms with Gasteiger partial charge in [-0.1, -0.05) is 0 Å². The summed E-state index contributed by atoms with van der Waals surface area (Å²) in [6, 6.07) is 0. The van der Waals surface area contributed by atoms with Crippen molar-refractivity contribution in [3.8, 4) is 0 Å². The third-order valence-corrected chi connectivity index (χ3v) is 3.59. The third-order valence-electron chi connectivity index (χ3n) is 3.40. The Morgan fingerprint density at radius 2 is 1.86 bits per heavy atom. The fourth-order valence-electron chi connectivity index (χ4n) is 2.32. The predicted octanol–water partition coefficient (Wildman–Crippen LogP) is 2.41. The van der Waals surface area contributed by atoms with Gasteiger partial charge >= 0.3 is 5.97 Å². The molecule has 0 aromatic carbocycles. The van der Waals surface area contributed by atoms with Crippen LogP contribution in [0.1, 0.15) is 44.1 Å².